The van der Waals surface area contributed by atoms with E-state index in [2.05, 4.69) is 20.2 Å². The third kappa shape index (κ3) is 3.02. The van der Waals surface area contributed by atoms with Gasteiger partial charge in [0.2, 0.25) is 0 Å². The summed E-state index contributed by atoms with van der Waals surface area (Å²) in [7, 11) is 0. The first kappa shape index (κ1) is 14.9. The van der Waals surface area contributed by atoms with Gasteiger partial charge in [-0.15, -0.1) is 11.3 Å². The molecule has 5 nitrogen and oxygen atoms in total. The lowest BCUT2D eigenvalue weighted by molar-refractivity contribution is -0.151. The highest BCUT2D eigenvalue weighted by atomic mass is 32.1. The van der Waals surface area contributed by atoms with Crippen LogP contribution in [0.15, 0.2) is 11.6 Å². The van der Waals surface area contributed by atoms with Crippen molar-refractivity contribution < 1.29 is 9.47 Å². The van der Waals surface area contributed by atoms with Gasteiger partial charge < -0.3 is 14.4 Å². The van der Waals surface area contributed by atoms with Gasteiger partial charge in [0, 0.05) is 63.6 Å². The summed E-state index contributed by atoms with van der Waals surface area (Å²) in [6.45, 7) is 7.14. The Hall–Kier alpha value is -0.690. The Bertz CT molecular complexity index is 462. The molecular formula is C16H25N3O2S. The van der Waals surface area contributed by atoms with Gasteiger partial charge >= 0.3 is 0 Å². The molecule has 0 radical (unpaired) electrons. The largest absolute Gasteiger partial charge is 0.381 e. The van der Waals surface area contributed by atoms with Crippen molar-refractivity contribution >= 4 is 16.5 Å². The van der Waals surface area contributed by atoms with E-state index in [9.17, 15) is 0 Å². The number of anilines is 1. The van der Waals surface area contributed by atoms with E-state index in [0.717, 1.165) is 58.8 Å². The van der Waals surface area contributed by atoms with Gasteiger partial charge in [0.25, 0.3) is 0 Å². The number of thiazole rings is 1. The fourth-order valence-corrected chi connectivity index (χ4v) is 4.75. The molecule has 3 fully saturated rings. The van der Waals surface area contributed by atoms with Crippen LogP contribution in [-0.2, 0) is 9.47 Å². The van der Waals surface area contributed by atoms with Crippen LogP contribution in [0.1, 0.15) is 25.7 Å². The van der Waals surface area contributed by atoms with Crippen molar-refractivity contribution in [3.05, 3.63) is 11.6 Å². The Kier molecular flexibility index (Phi) is 4.35. The first-order valence-corrected chi connectivity index (χ1v) is 9.33. The van der Waals surface area contributed by atoms with Gasteiger partial charge in [-0.2, -0.15) is 0 Å². The zero-order chi connectivity index (χ0) is 14.8. The van der Waals surface area contributed by atoms with Gasteiger partial charge in [-0.05, 0) is 25.7 Å². The summed E-state index contributed by atoms with van der Waals surface area (Å²) in [6.07, 6.45) is 6.42. The van der Waals surface area contributed by atoms with E-state index in [4.69, 9.17) is 9.47 Å². The number of rotatable bonds is 2. The minimum atomic E-state index is 0.105. The highest BCUT2D eigenvalue weighted by Crippen LogP contribution is 2.36. The molecule has 0 aromatic carbocycles. The second kappa shape index (κ2) is 6.43. The van der Waals surface area contributed by atoms with Crippen molar-refractivity contribution in [2.45, 2.75) is 37.3 Å². The molecule has 6 heteroatoms. The monoisotopic (exact) mass is 323 g/mol. The lowest BCUT2D eigenvalue weighted by atomic mass is 9.83. The second-order valence-electron chi connectivity index (χ2n) is 6.63. The molecule has 0 N–H and O–H groups in total. The number of piperazine rings is 1. The zero-order valence-electron chi connectivity index (χ0n) is 13.1. The molecule has 1 atom stereocenters. The molecular weight excluding hydrogens is 298 g/mol. The van der Waals surface area contributed by atoms with Crippen molar-refractivity contribution in [3.63, 3.8) is 0 Å². The molecule has 1 aromatic rings. The lowest BCUT2D eigenvalue weighted by Crippen LogP contribution is -2.56. The molecule has 3 aliphatic rings. The summed E-state index contributed by atoms with van der Waals surface area (Å²) in [6, 6.07) is 0.685. The van der Waals surface area contributed by atoms with Crippen LogP contribution in [0.5, 0.6) is 0 Å². The molecule has 3 saturated heterocycles. The number of ether oxygens (including phenoxy) is 2. The third-order valence-electron chi connectivity index (χ3n) is 5.39. The molecule has 1 aromatic heterocycles. The van der Waals surface area contributed by atoms with Crippen LogP contribution in [0.25, 0.3) is 0 Å². The average molecular weight is 323 g/mol. The summed E-state index contributed by atoms with van der Waals surface area (Å²) < 4.78 is 11.7. The first-order chi connectivity index (χ1) is 10.8. The maximum absolute atomic E-state index is 6.18. The summed E-state index contributed by atoms with van der Waals surface area (Å²) in [5.41, 5.74) is 0.105. The van der Waals surface area contributed by atoms with Gasteiger partial charge in [0.1, 0.15) is 0 Å². The Morgan fingerprint density at radius 3 is 2.68 bits per heavy atom. The predicted molar refractivity (Wildman–Crippen MR) is 87.7 cm³/mol. The number of nitrogens with zero attached hydrogens (tertiary/aromatic N) is 3. The molecule has 122 valence electrons. The average Bonchev–Trinajstić information content (AvgIpc) is 3.10. The second-order valence-corrected chi connectivity index (χ2v) is 7.50. The molecule has 4 rings (SSSR count). The van der Waals surface area contributed by atoms with Crippen LogP contribution in [-0.4, -0.2) is 67.5 Å². The minimum Gasteiger partial charge on any atom is -0.381 e. The standard InChI is InChI=1S/C16H25N3O2S/c1-9-21-16(2-10-20-11-3-16)13-14(1)18-5-7-19(8-6-18)15-17-4-12-22-15/h4,12,14H,1-3,5-11,13H2/t14-/m0/s1. The molecule has 0 bridgehead atoms. The SMILES string of the molecule is c1csc(N2CCN([C@H]3CCOC4(CCOCC4)C3)CC2)n1. The predicted octanol–water partition coefficient (Wildman–Crippen LogP) is 1.99. The maximum atomic E-state index is 6.18. The summed E-state index contributed by atoms with van der Waals surface area (Å²) in [4.78, 5) is 9.54. The van der Waals surface area contributed by atoms with Gasteiger partial charge in [-0.3, -0.25) is 4.90 Å². The van der Waals surface area contributed by atoms with Crippen molar-refractivity contribution in [2.24, 2.45) is 0 Å². The molecule has 0 unspecified atom stereocenters. The van der Waals surface area contributed by atoms with Crippen molar-refractivity contribution in [1.82, 2.24) is 9.88 Å². The highest BCUT2D eigenvalue weighted by molar-refractivity contribution is 7.13. The van der Waals surface area contributed by atoms with Crippen molar-refractivity contribution in [3.8, 4) is 0 Å². The Morgan fingerprint density at radius 2 is 1.95 bits per heavy atom. The van der Waals surface area contributed by atoms with E-state index >= 15 is 0 Å². The van der Waals surface area contributed by atoms with E-state index in [0.29, 0.717) is 6.04 Å². The smallest absolute Gasteiger partial charge is 0.185 e. The van der Waals surface area contributed by atoms with Crippen LogP contribution in [0.3, 0.4) is 0 Å². The van der Waals surface area contributed by atoms with Crippen LogP contribution in [0.2, 0.25) is 0 Å². The molecule has 1 spiro atoms. The maximum Gasteiger partial charge on any atom is 0.185 e. The zero-order valence-corrected chi connectivity index (χ0v) is 13.9. The van der Waals surface area contributed by atoms with Crippen LogP contribution in [0.4, 0.5) is 5.13 Å². The van der Waals surface area contributed by atoms with Gasteiger partial charge in [0.15, 0.2) is 5.13 Å². The third-order valence-corrected chi connectivity index (χ3v) is 6.22. The fourth-order valence-electron chi connectivity index (χ4n) is 4.06. The van der Waals surface area contributed by atoms with Gasteiger partial charge in [-0.25, -0.2) is 4.98 Å². The van der Waals surface area contributed by atoms with E-state index in [-0.39, 0.29) is 5.60 Å². The molecule has 4 heterocycles. The quantitative estimate of drug-likeness (QED) is 0.832. The van der Waals surface area contributed by atoms with E-state index in [1.54, 1.807) is 11.3 Å². The number of hydrogen-bond acceptors (Lipinski definition) is 6. The molecule has 0 amide bonds. The van der Waals surface area contributed by atoms with Gasteiger partial charge in [0.05, 0.1) is 5.60 Å². The van der Waals surface area contributed by atoms with E-state index in [1.807, 2.05) is 6.20 Å². The molecule has 3 aliphatic heterocycles. The number of hydrogen-bond donors (Lipinski definition) is 0. The summed E-state index contributed by atoms with van der Waals surface area (Å²) in [5.74, 6) is 0. The molecule has 0 aliphatic carbocycles. The Balaban J connectivity index is 1.35. The first-order valence-electron chi connectivity index (χ1n) is 8.45. The Morgan fingerprint density at radius 1 is 1.14 bits per heavy atom. The fraction of sp³-hybridized carbons (Fsp3) is 0.812. The number of aromatic nitrogens is 1. The van der Waals surface area contributed by atoms with E-state index < -0.39 is 0 Å². The normalized spacial score (nSPS) is 29.8. The van der Waals surface area contributed by atoms with Crippen LogP contribution in [0, 0.1) is 0 Å². The molecule has 0 saturated carbocycles. The molecule has 22 heavy (non-hydrogen) atoms. The highest BCUT2D eigenvalue weighted by Gasteiger charge is 2.41. The lowest BCUT2D eigenvalue weighted by Gasteiger charge is -2.48. The van der Waals surface area contributed by atoms with Gasteiger partial charge in [-0.1, -0.05) is 0 Å². The van der Waals surface area contributed by atoms with Crippen molar-refractivity contribution in [2.75, 3.05) is 50.9 Å². The summed E-state index contributed by atoms with van der Waals surface area (Å²) in [5, 5.41) is 3.24. The summed E-state index contributed by atoms with van der Waals surface area (Å²) >= 11 is 1.75. The van der Waals surface area contributed by atoms with E-state index in [1.165, 1.54) is 18.0 Å². The topological polar surface area (TPSA) is 37.8 Å². The van der Waals surface area contributed by atoms with Crippen molar-refractivity contribution in [1.29, 1.82) is 0 Å². The van der Waals surface area contributed by atoms with Crippen LogP contribution >= 0.6 is 11.3 Å². The van der Waals surface area contributed by atoms with Crippen LogP contribution < -0.4 is 4.90 Å². The Labute approximate surface area is 136 Å². The minimum absolute atomic E-state index is 0.105.